The lowest BCUT2D eigenvalue weighted by Gasteiger charge is -2.07. The fourth-order valence-corrected chi connectivity index (χ4v) is 2.41. The van der Waals surface area contributed by atoms with Crippen LogP contribution in [0.5, 0.6) is 0 Å². The molecule has 1 aliphatic carbocycles. The van der Waals surface area contributed by atoms with Crippen LogP contribution in [0.2, 0.25) is 5.02 Å². The molecule has 1 aromatic heterocycles. The predicted octanol–water partition coefficient (Wildman–Crippen LogP) is 2.32. The fourth-order valence-electron chi connectivity index (χ4n) is 2.15. The zero-order valence-electron chi connectivity index (χ0n) is 12.3. The van der Waals surface area contributed by atoms with Gasteiger partial charge in [0.15, 0.2) is 11.5 Å². The maximum absolute atomic E-state index is 12.1. The van der Waals surface area contributed by atoms with Crippen LogP contribution < -0.4 is 5.32 Å². The Hall–Kier alpha value is -2.21. The number of hydrogen-bond donors (Lipinski definition) is 1. The molecular weight excluding hydrogens is 304 g/mol. The summed E-state index contributed by atoms with van der Waals surface area (Å²) in [7, 11) is 0. The van der Waals surface area contributed by atoms with Gasteiger partial charge in [-0.2, -0.15) is 0 Å². The van der Waals surface area contributed by atoms with E-state index in [-0.39, 0.29) is 17.7 Å². The highest BCUT2D eigenvalue weighted by molar-refractivity contribution is 6.32. The second kappa shape index (κ2) is 5.53. The number of aromatic nitrogens is 3. The van der Waals surface area contributed by atoms with E-state index in [1.807, 2.05) is 0 Å². The van der Waals surface area contributed by atoms with Gasteiger partial charge >= 0.3 is 0 Å². The summed E-state index contributed by atoms with van der Waals surface area (Å²) >= 11 is 6.22. The van der Waals surface area contributed by atoms with Gasteiger partial charge in [0.05, 0.1) is 16.4 Å². The normalized spacial score (nSPS) is 14.0. The third kappa shape index (κ3) is 2.74. The second-order valence-electron chi connectivity index (χ2n) is 5.41. The Bertz CT molecular complexity index is 765. The molecule has 1 amide bonds. The van der Waals surface area contributed by atoms with Crippen LogP contribution in [0.4, 0.5) is 0 Å². The number of amides is 1. The molecule has 1 aromatic carbocycles. The molecule has 0 atom stereocenters. The zero-order valence-corrected chi connectivity index (χ0v) is 13.0. The summed E-state index contributed by atoms with van der Waals surface area (Å²) in [6, 6.07) is 5.22. The van der Waals surface area contributed by atoms with Gasteiger partial charge in [0.25, 0.3) is 5.91 Å². The molecule has 0 spiro atoms. The Morgan fingerprint density at radius 2 is 2.09 bits per heavy atom. The maximum Gasteiger partial charge on any atom is 0.273 e. The van der Waals surface area contributed by atoms with E-state index in [1.165, 1.54) is 11.6 Å². The molecule has 0 aliphatic heterocycles. The molecule has 1 heterocycles. The lowest BCUT2D eigenvalue weighted by Crippen LogP contribution is -2.26. The molecule has 1 aliphatic rings. The van der Waals surface area contributed by atoms with Gasteiger partial charge in [0, 0.05) is 11.6 Å². The average molecular weight is 319 g/mol. The van der Waals surface area contributed by atoms with Gasteiger partial charge < -0.3 is 5.32 Å². The molecule has 3 rings (SSSR count). The van der Waals surface area contributed by atoms with Crippen LogP contribution in [-0.4, -0.2) is 32.7 Å². The molecule has 2 aromatic rings. The third-order valence-electron chi connectivity index (χ3n) is 3.60. The smallest absolute Gasteiger partial charge is 0.273 e. The molecule has 6 nitrogen and oxygen atoms in total. The van der Waals surface area contributed by atoms with Gasteiger partial charge in [0.2, 0.25) is 0 Å². The Labute approximate surface area is 132 Å². The van der Waals surface area contributed by atoms with Gasteiger partial charge in [-0.3, -0.25) is 9.59 Å². The number of Topliss-reactive ketones (excluding diaryl/α,β-unsaturated/α-hetero) is 1. The number of hydrogen-bond acceptors (Lipinski definition) is 4. The SMILES string of the molecule is CC(=O)c1ccc(-n2nnc(C(=O)NC3CC3)c2C)c(Cl)c1. The van der Waals surface area contributed by atoms with Crippen molar-refractivity contribution in [3.05, 3.63) is 40.2 Å². The first kappa shape index (κ1) is 14.7. The standard InChI is InChI=1S/C15H15ClN4O2/c1-8-14(15(22)17-11-4-5-11)18-19-20(8)13-6-3-10(9(2)21)7-12(13)16/h3,6-7,11H,4-5H2,1-2H3,(H,17,22). The Kier molecular flexibility index (Phi) is 3.70. The molecule has 0 bridgehead atoms. The van der Waals surface area contributed by atoms with Crippen LogP contribution in [0.3, 0.4) is 0 Å². The minimum Gasteiger partial charge on any atom is -0.348 e. The summed E-state index contributed by atoms with van der Waals surface area (Å²) in [5.74, 6) is -0.281. The van der Waals surface area contributed by atoms with E-state index in [0.717, 1.165) is 12.8 Å². The summed E-state index contributed by atoms with van der Waals surface area (Å²) in [6.45, 7) is 3.24. The van der Waals surface area contributed by atoms with E-state index >= 15 is 0 Å². The number of carbonyl (C=O) groups is 2. The van der Waals surface area contributed by atoms with Gasteiger partial charge in [-0.1, -0.05) is 16.8 Å². The molecule has 114 valence electrons. The van der Waals surface area contributed by atoms with E-state index in [0.29, 0.717) is 27.7 Å². The first-order valence-corrected chi connectivity index (χ1v) is 7.39. The van der Waals surface area contributed by atoms with Crippen LogP contribution in [0.15, 0.2) is 18.2 Å². The van der Waals surface area contributed by atoms with Gasteiger partial charge in [0.1, 0.15) is 0 Å². The van der Waals surface area contributed by atoms with E-state index in [9.17, 15) is 9.59 Å². The van der Waals surface area contributed by atoms with Crippen molar-refractivity contribution in [2.45, 2.75) is 32.7 Å². The van der Waals surface area contributed by atoms with Crippen molar-refractivity contribution in [1.29, 1.82) is 0 Å². The van der Waals surface area contributed by atoms with Crippen LogP contribution in [-0.2, 0) is 0 Å². The van der Waals surface area contributed by atoms with E-state index < -0.39 is 0 Å². The lowest BCUT2D eigenvalue weighted by molar-refractivity contribution is 0.0944. The number of rotatable bonds is 4. The van der Waals surface area contributed by atoms with Crippen molar-refractivity contribution < 1.29 is 9.59 Å². The van der Waals surface area contributed by atoms with Crippen LogP contribution >= 0.6 is 11.6 Å². The first-order chi connectivity index (χ1) is 10.5. The quantitative estimate of drug-likeness (QED) is 0.878. The lowest BCUT2D eigenvalue weighted by atomic mass is 10.1. The predicted molar refractivity (Wildman–Crippen MR) is 81.6 cm³/mol. The number of nitrogens with zero attached hydrogens (tertiary/aromatic N) is 3. The summed E-state index contributed by atoms with van der Waals surface area (Å²) in [4.78, 5) is 23.5. The average Bonchev–Trinajstić information content (AvgIpc) is 3.19. The summed E-state index contributed by atoms with van der Waals surface area (Å²) in [5.41, 5.74) is 2.01. The minimum absolute atomic E-state index is 0.0618. The number of carbonyl (C=O) groups excluding carboxylic acids is 2. The van der Waals surface area contributed by atoms with Gasteiger partial charge in [-0.15, -0.1) is 5.10 Å². The van der Waals surface area contributed by atoms with Gasteiger partial charge in [-0.25, -0.2) is 4.68 Å². The third-order valence-corrected chi connectivity index (χ3v) is 3.91. The molecule has 1 fully saturated rings. The van der Waals surface area contributed by atoms with Crippen molar-refractivity contribution in [3.63, 3.8) is 0 Å². The molecule has 1 N–H and O–H groups in total. The monoisotopic (exact) mass is 318 g/mol. The topological polar surface area (TPSA) is 76.9 Å². The molecule has 0 saturated heterocycles. The van der Waals surface area contributed by atoms with Crippen molar-refractivity contribution in [2.24, 2.45) is 0 Å². The highest BCUT2D eigenvalue weighted by Gasteiger charge is 2.26. The van der Waals surface area contributed by atoms with E-state index in [1.54, 1.807) is 25.1 Å². The molecule has 7 heteroatoms. The number of nitrogens with one attached hydrogen (secondary N) is 1. The largest absolute Gasteiger partial charge is 0.348 e. The second-order valence-corrected chi connectivity index (χ2v) is 5.81. The number of halogens is 1. The van der Waals surface area contributed by atoms with Crippen LogP contribution in [0, 0.1) is 6.92 Å². The Morgan fingerprint density at radius 1 is 1.36 bits per heavy atom. The van der Waals surface area contributed by atoms with E-state index in [2.05, 4.69) is 15.6 Å². The van der Waals surface area contributed by atoms with Crippen LogP contribution in [0.25, 0.3) is 5.69 Å². The minimum atomic E-state index is -0.220. The summed E-state index contributed by atoms with van der Waals surface area (Å²) < 4.78 is 1.51. The summed E-state index contributed by atoms with van der Waals surface area (Å²) in [5, 5.41) is 11.2. The summed E-state index contributed by atoms with van der Waals surface area (Å²) in [6.07, 6.45) is 2.02. The molecular formula is C15H15ClN4O2. The fraction of sp³-hybridized carbons (Fsp3) is 0.333. The highest BCUT2D eigenvalue weighted by Crippen LogP contribution is 2.24. The zero-order chi connectivity index (χ0) is 15.9. The number of ketones is 1. The molecule has 22 heavy (non-hydrogen) atoms. The Balaban J connectivity index is 1.93. The van der Waals surface area contributed by atoms with Crippen LogP contribution in [0.1, 0.15) is 46.3 Å². The van der Waals surface area contributed by atoms with Crippen molar-refractivity contribution in [1.82, 2.24) is 20.3 Å². The van der Waals surface area contributed by atoms with Crippen molar-refractivity contribution in [2.75, 3.05) is 0 Å². The van der Waals surface area contributed by atoms with E-state index in [4.69, 9.17) is 11.6 Å². The Morgan fingerprint density at radius 3 is 2.68 bits per heavy atom. The maximum atomic E-state index is 12.1. The molecule has 0 unspecified atom stereocenters. The number of benzene rings is 1. The van der Waals surface area contributed by atoms with Gasteiger partial charge in [-0.05, 0) is 44.9 Å². The highest BCUT2D eigenvalue weighted by atomic mass is 35.5. The van der Waals surface area contributed by atoms with Crippen molar-refractivity contribution in [3.8, 4) is 5.69 Å². The first-order valence-electron chi connectivity index (χ1n) is 7.01. The van der Waals surface area contributed by atoms with Crippen molar-refractivity contribution >= 4 is 23.3 Å². The molecule has 0 radical (unpaired) electrons. The molecule has 1 saturated carbocycles.